The molecule has 0 bridgehead atoms. The Labute approximate surface area is 208 Å². The van der Waals surface area contributed by atoms with Gasteiger partial charge in [-0.3, -0.25) is 9.78 Å². The van der Waals surface area contributed by atoms with Gasteiger partial charge < -0.3 is 15.2 Å². The zero-order chi connectivity index (χ0) is 25.7. The third-order valence-corrected chi connectivity index (χ3v) is 6.64. The number of H-pyrrole nitrogens is 1. The summed E-state index contributed by atoms with van der Waals surface area (Å²) in [5, 5.41) is 11.9. The fraction of sp³-hybridized carbons (Fsp3) is 0.231. The molecule has 1 aliphatic heterocycles. The minimum Gasteiger partial charge on any atom is -0.368 e. The second-order valence-electron chi connectivity index (χ2n) is 9.04. The molecule has 188 valence electrons. The van der Waals surface area contributed by atoms with E-state index < -0.39 is 17.3 Å². The fourth-order valence-electron chi connectivity index (χ4n) is 4.77. The highest BCUT2D eigenvalue weighted by atomic mass is 19.4. The van der Waals surface area contributed by atoms with E-state index in [4.69, 9.17) is 0 Å². The van der Waals surface area contributed by atoms with E-state index in [1.165, 1.54) is 10.7 Å². The van der Waals surface area contributed by atoms with Gasteiger partial charge in [-0.2, -0.15) is 13.2 Å². The predicted molar refractivity (Wildman–Crippen MR) is 135 cm³/mol. The van der Waals surface area contributed by atoms with Crippen molar-refractivity contribution in [2.45, 2.75) is 13.1 Å². The molecule has 0 spiro atoms. The second kappa shape index (κ2) is 8.70. The number of hydrogen-bond acceptors (Lipinski definition) is 6. The fourth-order valence-corrected chi connectivity index (χ4v) is 4.77. The first-order valence-electron chi connectivity index (χ1n) is 11.8. The van der Waals surface area contributed by atoms with Crippen molar-refractivity contribution in [2.24, 2.45) is 0 Å². The predicted octanol–water partition coefficient (Wildman–Crippen LogP) is 4.06. The molecular formula is C26H22F3N7O. The van der Waals surface area contributed by atoms with Crippen molar-refractivity contribution in [2.75, 3.05) is 31.1 Å². The standard InChI is InChI=1S/C26H22F3N7O/c1-15-2-3-17(14-31-15)16-4-6-21-19(12-16)24-23(25(37)32-21)33-34-36(24)18-5-7-22(20(13-18)26(27,28)29)35-10-8-30-9-11-35/h2-7,12-14,30H,8-11H2,1H3,(H,32,37). The van der Waals surface area contributed by atoms with Gasteiger partial charge in [-0.1, -0.05) is 17.3 Å². The Kier molecular flexibility index (Phi) is 5.45. The van der Waals surface area contributed by atoms with Gasteiger partial charge in [0.2, 0.25) is 0 Å². The molecule has 0 radical (unpaired) electrons. The molecule has 4 heterocycles. The van der Waals surface area contributed by atoms with E-state index in [0.29, 0.717) is 42.6 Å². The maximum absolute atomic E-state index is 14.2. The summed E-state index contributed by atoms with van der Waals surface area (Å²) < 4.78 is 43.8. The highest BCUT2D eigenvalue weighted by molar-refractivity contribution is 6.04. The summed E-state index contributed by atoms with van der Waals surface area (Å²) in [4.78, 5) is 21.6. The van der Waals surface area contributed by atoms with Crippen LogP contribution >= 0.6 is 0 Å². The Morgan fingerprint density at radius 2 is 1.76 bits per heavy atom. The lowest BCUT2D eigenvalue weighted by Crippen LogP contribution is -2.44. The minimum absolute atomic E-state index is 0.0476. The second-order valence-corrected chi connectivity index (χ2v) is 9.04. The number of nitrogens with one attached hydrogen (secondary N) is 2. The first-order valence-corrected chi connectivity index (χ1v) is 11.8. The summed E-state index contributed by atoms with van der Waals surface area (Å²) in [7, 11) is 0. The minimum atomic E-state index is -4.57. The molecule has 11 heteroatoms. The van der Waals surface area contributed by atoms with Gasteiger partial charge in [0.1, 0.15) is 5.52 Å². The molecule has 5 aromatic rings. The number of alkyl halides is 3. The number of hydrogen-bond donors (Lipinski definition) is 2. The van der Waals surface area contributed by atoms with Crippen molar-refractivity contribution in [1.82, 2.24) is 30.3 Å². The number of halogens is 3. The molecule has 1 fully saturated rings. The number of fused-ring (bicyclic) bond motifs is 3. The van der Waals surface area contributed by atoms with Gasteiger partial charge in [0.05, 0.1) is 16.8 Å². The number of aromatic amines is 1. The van der Waals surface area contributed by atoms with Crippen molar-refractivity contribution >= 4 is 27.6 Å². The molecule has 2 N–H and O–H groups in total. The summed E-state index contributed by atoms with van der Waals surface area (Å²) in [6.45, 7) is 4.07. The van der Waals surface area contributed by atoms with Gasteiger partial charge in [0.15, 0.2) is 5.52 Å². The normalized spacial score (nSPS) is 14.5. The maximum atomic E-state index is 14.2. The van der Waals surface area contributed by atoms with Gasteiger partial charge in [0.25, 0.3) is 5.56 Å². The Morgan fingerprint density at radius 3 is 2.49 bits per heavy atom. The third kappa shape index (κ3) is 4.10. The van der Waals surface area contributed by atoms with Crippen molar-refractivity contribution in [3.63, 3.8) is 0 Å². The summed E-state index contributed by atoms with van der Waals surface area (Å²) in [5.74, 6) is 0. The average Bonchev–Trinajstić information content (AvgIpc) is 3.35. The molecule has 37 heavy (non-hydrogen) atoms. The van der Waals surface area contributed by atoms with Crippen molar-refractivity contribution in [1.29, 1.82) is 0 Å². The van der Waals surface area contributed by atoms with E-state index in [1.807, 2.05) is 31.2 Å². The topological polar surface area (TPSA) is 91.7 Å². The van der Waals surface area contributed by atoms with Crippen LogP contribution in [0.5, 0.6) is 0 Å². The van der Waals surface area contributed by atoms with Gasteiger partial charge in [-0.25, -0.2) is 4.68 Å². The lowest BCUT2D eigenvalue weighted by molar-refractivity contribution is -0.137. The van der Waals surface area contributed by atoms with Gasteiger partial charge in [-0.05, 0) is 48.9 Å². The summed E-state index contributed by atoms with van der Waals surface area (Å²) in [6.07, 6.45) is -2.82. The maximum Gasteiger partial charge on any atom is 0.418 e. The molecule has 8 nitrogen and oxygen atoms in total. The van der Waals surface area contributed by atoms with Crippen LogP contribution in [0.4, 0.5) is 18.9 Å². The number of anilines is 1. The first-order chi connectivity index (χ1) is 17.8. The lowest BCUT2D eigenvalue weighted by atomic mass is 10.0. The van der Waals surface area contributed by atoms with E-state index >= 15 is 0 Å². The number of nitrogens with zero attached hydrogens (tertiary/aromatic N) is 5. The molecule has 0 aliphatic carbocycles. The smallest absolute Gasteiger partial charge is 0.368 e. The summed E-state index contributed by atoms with van der Waals surface area (Å²) >= 11 is 0. The Balaban J connectivity index is 1.56. The van der Waals surface area contributed by atoms with Crippen LogP contribution in [0.2, 0.25) is 0 Å². The van der Waals surface area contributed by atoms with Crippen LogP contribution in [-0.4, -0.2) is 51.1 Å². The zero-order valence-electron chi connectivity index (χ0n) is 19.8. The molecule has 1 saturated heterocycles. The lowest BCUT2D eigenvalue weighted by Gasteiger charge is -2.31. The number of pyridine rings is 2. The van der Waals surface area contributed by atoms with E-state index in [0.717, 1.165) is 22.9 Å². The first kappa shape index (κ1) is 23.2. The Morgan fingerprint density at radius 1 is 0.973 bits per heavy atom. The van der Waals surface area contributed by atoms with E-state index in [1.54, 1.807) is 23.2 Å². The molecule has 1 aliphatic rings. The van der Waals surface area contributed by atoms with E-state index in [2.05, 4.69) is 25.6 Å². The SMILES string of the molecule is Cc1ccc(-c2ccc3[nH]c(=O)c4nnn(-c5ccc(N6CCNCC6)c(C(F)(F)F)c5)c4c3c2)cn1. The summed E-state index contributed by atoms with van der Waals surface area (Å²) in [6, 6.07) is 13.4. The van der Waals surface area contributed by atoms with Crippen LogP contribution in [-0.2, 0) is 6.18 Å². The molecule has 6 rings (SSSR count). The van der Waals surface area contributed by atoms with E-state index in [-0.39, 0.29) is 16.9 Å². The molecular weight excluding hydrogens is 483 g/mol. The average molecular weight is 506 g/mol. The van der Waals surface area contributed by atoms with Crippen LogP contribution in [0.25, 0.3) is 38.8 Å². The molecule has 0 atom stereocenters. The Hall–Kier alpha value is -4.25. The van der Waals surface area contributed by atoms with Gasteiger partial charge in [-0.15, -0.1) is 5.10 Å². The van der Waals surface area contributed by atoms with Crippen molar-refractivity contribution in [3.05, 3.63) is 76.3 Å². The molecule has 2 aromatic carbocycles. The molecule has 0 saturated carbocycles. The van der Waals surface area contributed by atoms with Crippen LogP contribution in [0, 0.1) is 6.92 Å². The van der Waals surface area contributed by atoms with Crippen LogP contribution in [0.1, 0.15) is 11.3 Å². The van der Waals surface area contributed by atoms with Gasteiger partial charge >= 0.3 is 6.18 Å². The van der Waals surface area contributed by atoms with Crippen LogP contribution in [0.15, 0.2) is 59.5 Å². The largest absolute Gasteiger partial charge is 0.418 e. The number of piperazine rings is 1. The quantitative estimate of drug-likeness (QED) is 0.384. The highest BCUT2D eigenvalue weighted by Gasteiger charge is 2.36. The number of aryl methyl sites for hydroxylation is 1. The monoisotopic (exact) mass is 505 g/mol. The highest BCUT2D eigenvalue weighted by Crippen LogP contribution is 2.38. The van der Waals surface area contributed by atoms with Crippen LogP contribution in [0.3, 0.4) is 0 Å². The number of aromatic nitrogens is 5. The third-order valence-electron chi connectivity index (χ3n) is 6.64. The van der Waals surface area contributed by atoms with Crippen molar-refractivity contribution < 1.29 is 13.2 Å². The number of benzene rings is 2. The zero-order valence-corrected chi connectivity index (χ0v) is 19.8. The number of rotatable bonds is 3. The molecule has 3 aromatic heterocycles. The van der Waals surface area contributed by atoms with E-state index in [9.17, 15) is 18.0 Å². The van der Waals surface area contributed by atoms with Crippen LogP contribution < -0.4 is 15.8 Å². The van der Waals surface area contributed by atoms with Crippen molar-refractivity contribution in [3.8, 4) is 16.8 Å². The van der Waals surface area contributed by atoms with Gasteiger partial charge in [0, 0.05) is 54.7 Å². The molecule has 0 unspecified atom stereocenters. The Bertz CT molecular complexity index is 1680. The summed E-state index contributed by atoms with van der Waals surface area (Å²) in [5.41, 5.74) is 2.57. The molecule has 0 amide bonds.